The molecule has 0 spiro atoms. The van der Waals surface area contributed by atoms with Crippen molar-refractivity contribution in [1.29, 1.82) is 0 Å². The van der Waals surface area contributed by atoms with Crippen LogP contribution in [0.25, 0.3) is 33.8 Å². The first-order chi connectivity index (χ1) is 23.8. The molecule has 8 aromatic rings. The zero-order chi connectivity index (χ0) is 33.9. The van der Waals surface area contributed by atoms with Gasteiger partial charge in [0.1, 0.15) is 0 Å². The van der Waals surface area contributed by atoms with Crippen molar-refractivity contribution < 1.29 is 5.11 Å². The van der Waals surface area contributed by atoms with Gasteiger partial charge in [0, 0.05) is 55.7 Å². The average Bonchev–Trinajstić information content (AvgIpc) is 3.91. The van der Waals surface area contributed by atoms with E-state index in [2.05, 4.69) is 58.9 Å². The third kappa shape index (κ3) is 6.35. The highest BCUT2D eigenvalue weighted by atomic mass is 16.3. The van der Waals surface area contributed by atoms with E-state index in [9.17, 15) is 5.11 Å². The molecule has 12 heteroatoms. The maximum absolute atomic E-state index is 9.76. The first-order valence-corrected chi connectivity index (χ1v) is 15.3. The number of hydrogen-bond donors (Lipinski definition) is 1. The van der Waals surface area contributed by atoms with Crippen LogP contribution in [0.15, 0.2) is 97.6 Å². The standard InChI is InChI=1S/C19H16N6.C18H13N5O/c1-13-11-20-14(2)19-23-22-18(25(13)19)10-9-17-21-16(12-24(17)3)15-7-5-4-6-8-15;1-22-12-14(13-6-3-2-4-7-13)19-17(22)10-9-16-20-18-15(24)8-5-11-23(18)21-16/h4-8,11-12H,1-3H3;2-8,11-12,24H,1H3. The van der Waals surface area contributed by atoms with E-state index >= 15 is 0 Å². The lowest BCUT2D eigenvalue weighted by Crippen LogP contribution is -1.99. The van der Waals surface area contributed by atoms with E-state index in [1.165, 1.54) is 4.52 Å². The lowest BCUT2D eigenvalue weighted by Gasteiger charge is -2.00. The van der Waals surface area contributed by atoms with Gasteiger partial charge in [-0.05, 0) is 49.7 Å². The first-order valence-electron chi connectivity index (χ1n) is 15.3. The highest BCUT2D eigenvalue weighted by Gasteiger charge is 2.10. The van der Waals surface area contributed by atoms with Gasteiger partial charge in [-0.3, -0.25) is 9.38 Å². The zero-order valence-electron chi connectivity index (χ0n) is 27.1. The molecule has 0 atom stereocenters. The molecule has 0 bridgehead atoms. The SMILES string of the molecule is Cc1ncc(C)n2c(C#Cc3nc(-c4ccccc4)cn3C)nnc12.Cn1cc(-c2ccccc2)nc1C#Cc1nc2c(O)cccn2n1. The predicted molar refractivity (Wildman–Crippen MR) is 184 cm³/mol. The lowest BCUT2D eigenvalue weighted by atomic mass is 10.2. The molecule has 0 fully saturated rings. The van der Waals surface area contributed by atoms with E-state index in [1.807, 2.05) is 115 Å². The third-order valence-electron chi connectivity index (χ3n) is 7.59. The third-order valence-corrected chi connectivity index (χ3v) is 7.59. The van der Waals surface area contributed by atoms with Gasteiger partial charge < -0.3 is 14.2 Å². The van der Waals surface area contributed by atoms with E-state index in [-0.39, 0.29) is 5.75 Å². The topological polar surface area (TPSA) is 129 Å². The van der Waals surface area contributed by atoms with Crippen LogP contribution in [-0.4, -0.2) is 58.4 Å². The number of aromatic hydroxyl groups is 1. The summed E-state index contributed by atoms with van der Waals surface area (Å²) in [5.74, 6) is 14.4. The molecule has 238 valence electrons. The summed E-state index contributed by atoms with van der Waals surface area (Å²) in [5.41, 5.74) is 6.75. The summed E-state index contributed by atoms with van der Waals surface area (Å²) in [7, 11) is 3.83. The molecule has 0 aliphatic heterocycles. The van der Waals surface area contributed by atoms with Crippen molar-refractivity contribution in [2.75, 3.05) is 0 Å². The summed E-state index contributed by atoms with van der Waals surface area (Å²) >= 11 is 0. The molecule has 6 aromatic heterocycles. The number of nitrogens with zero attached hydrogens (tertiary/aromatic N) is 11. The van der Waals surface area contributed by atoms with Crippen molar-refractivity contribution in [3.63, 3.8) is 0 Å². The first kappa shape index (κ1) is 30.6. The van der Waals surface area contributed by atoms with Crippen LogP contribution in [0.2, 0.25) is 0 Å². The Morgan fingerprint density at radius 1 is 0.633 bits per heavy atom. The molecule has 0 amide bonds. The van der Waals surface area contributed by atoms with Crippen LogP contribution in [0.1, 0.15) is 34.7 Å². The Kier molecular flexibility index (Phi) is 8.11. The average molecular weight is 644 g/mol. The van der Waals surface area contributed by atoms with Gasteiger partial charge in [0.2, 0.25) is 11.6 Å². The number of aryl methyl sites for hydroxylation is 4. The van der Waals surface area contributed by atoms with Crippen molar-refractivity contribution in [1.82, 2.24) is 53.3 Å². The molecule has 12 nitrogen and oxygen atoms in total. The van der Waals surface area contributed by atoms with Crippen molar-refractivity contribution in [3.05, 3.63) is 132 Å². The van der Waals surface area contributed by atoms with E-state index in [0.717, 1.165) is 39.5 Å². The van der Waals surface area contributed by atoms with Crippen LogP contribution in [0.3, 0.4) is 0 Å². The number of fused-ring (bicyclic) bond motifs is 2. The molecule has 6 heterocycles. The highest BCUT2D eigenvalue weighted by molar-refractivity contribution is 5.60. The van der Waals surface area contributed by atoms with Crippen LogP contribution in [0, 0.1) is 37.5 Å². The lowest BCUT2D eigenvalue weighted by molar-refractivity contribution is 0.477. The Morgan fingerprint density at radius 3 is 1.84 bits per heavy atom. The summed E-state index contributed by atoms with van der Waals surface area (Å²) < 4.78 is 7.18. The summed E-state index contributed by atoms with van der Waals surface area (Å²) in [6.45, 7) is 3.87. The minimum Gasteiger partial charge on any atom is -0.504 e. The summed E-state index contributed by atoms with van der Waals surface area (Å²) in [5, 5.41) is 22.3. The minimum absolute atomic E-state index is 0.0707. The van der Waals surface area contributed by atoms with E-state index in [4.69, 9.17) is 0 Å². The van der Waals surface area contributed by atoms with E-state index in [0.29, 0.717) is 28.9 Å². The fourth-order valence-electron chi connectivity index (χ4n) is 5.07. The molecule has 0 unspecified atom stereocenters. The Balaban J connectivity index is 0.000000154. The monoisotopic (exact) mass is 643 g/mol. The van der Waals surface area contributed by atoms with E-state index in [1.54, 1.807) is 24.5 Å². The summed E-state index contributed by atoms with van der Waals surface area (Å²) in [6, 6.07) is 23.2. The van der Waals surface area contributed by atoms with Crippen LogP contribution >= 0.6 is 0 Å². The van der Waals surface area contributed by atoms with Gasteiger partial charge in [0.05, 0.1) is 17.1 Å². The van der Waals surface area contributed by atoms with Crippen molar-refractivity contribution in [2.45, 2.75) is 13.8 Å². The summed E-state index contributed by atoms with van der Waals surface area (Å²) in [6.07, 6.45) is 7.41. The van der Waals surface area contributed by atoms with Gasteiger partial charge in [-0.15, -0.1) is 15.3 Å². The largest absolute Gasteiger partial charge is 0.504 e. The fraction of sp³-hybridized carbons (Fsp3) is 0.108. The molecule has 8 rings (SSSR count). The van der Waals surface area contributed by atoms with Gasteiger partial charge in [0.15, 0.2) is 28.7 Å². The Bertz CT molecular complexity index is 2570. The Labute approximate surface area is 281 Å². The number of benzene rings is 2. The Morgan fingerprint density at radius 2 is 1.22 bits per heavy atom. The predicted octanol–water partition coefficient (Wildman–Crippen LogP) is 4.78. The van der Waals surface area contributed by atoms with Gasteiger partial charge in [0.25, 0.3) is 0 Å². The second-order valence-electron chi connectivity index (χ2n) is 11.1. The van der Waals surface area contributed by atoms with Crippen LogP contribution in [0.4, 0.5) is 0 Å². The molecule has 49 heavy (non-hydrogen) atoms. The maximum atomic E-state index is 9.76. The molecule has 0 aliphatic rings. The molecule has 0 saturated heterocycles. The number of rotatable bonds is 2. The number of imidazole rings is 2. The van der Waals surface area contributed by atoms with E-state index < -0.39 is 0 Å². The van der Waals surface area contributed by atoms with Gasteiger partial charge >= 0.3 is 0 Å². The van der Waals surface area contributed by atoms with Gasteiger partial charge in [-0.25, -0.2) is 14.5 Å². The minimum atomic E-state index is 0.0707. The molecule has 2 aromatic carbocycles. The molecular formula is C37H29N11O. The van der Waals surface area contributed by atoms with Crippen molar-refractivity contribution in [2.24, 2.45) is 14.1 Å². The fourth-order valence-corrected chi connectivity index (χ4v) is 5.07. The summed E-state index contributed by atoms with van der Waals surface area (Å²) in [4.78, 5) is 17.7. The normalized spacial score (nSPS) is 10.6. The smallest absolute Gasteiger partial charge is 0.226 e. The van der Waals surface area contributed by atoms with Crippen molar-refractivity contribution in [3.8, 4) is 51.9 Å². The van der Waals surface area contributed by atoms with Crippen LogP contribution in [0.5, 0.6) is 5.75 Å². The van der Waals surface area contributed by atoms with Gasteiger partial charge in [-0.2, -0.15) is 4.98 Å². The molecule has 1 N–H and O–H groups in total. The second kappa shape index (κ2) is 13.0. The Hall–Kier alpha value is -7.05. The second-order valence-corrected chi connectivity index (χ2v) is 11.1. The van der Waals surface area contributed by atoms with Crippen molar-refractivity contribution >= 4 is 11.3 Å². The number of aromatic nitrogens is 11. The maximum Gasteiger partial charge on any atom is 0.226 e. The van der Waals surface area contributed by atoms with Crippen LogP contribution < -0.4 is 0 Å². The zero-order valence-corrected chi connectivity index (χ0v) is 27.1. The molecule has 0 radical (unpaired) electrons. The number of hydrogen-bond acceptors (Lipinski definition) is 8. The highest BCUT2D eigenvalue weighted by Crippen LogP contribution is 2.19. The number of pyridine rings is 1. The molecule has 0 saturated carbocycles. The quantitative estimate of drug-likeness (QED) is 0.267. The molecule has 0 aliphatic carbocycles. The molecular weight excluding hydrogens is 614 g/mol. The van der Waals surface area contributed by atoms with Gasteiger partial charge in [-0.1, -0.05) is 60.7 Å². The van der Waals surface area contributed by atoms with Crippen LogP contribution in [-0.2, 0) is 14.1 Å².